The van der Waals surface area contributed by atoms with Crippen molar-refractivity contribution < 1.29 is 26.7 Å². The van der Waals surface area contributed by atoms with Gasteiger partial charge in [-0.25, -0.2) is 8.78 Å². The van der Waals surface area contributed by atoms with Gasteiger partial charge in [0, 0.05) is 12.3 Å². The number of amides is 1. The first-order valence-corrected chi connectivity index (χ1v) is 8.85. The first kappa shape index (κ1) is 19.3. The molecule has 27 heavy (non-hydrogen) atoms. The molecule has 0 bridgehead atoms. The number of hydrogen-bond donors (Lipinski definition) is 0. The Bertz CT molecular complexity index is 860. The minimum Gasteiger partial charge on any atom is -0.285 e. The Labute approximate surface area is 155 Å². The van der Waals surface area contributed by atoms with Crippen LogP contribution < -0.4 is 0 Å². The number of rotatable bonds is 3. The number of amidine groups is 1. The molecule has 2 aromatic carbocycles. The van der Waals surface area contributed by atoms with E-state index in [1.54, 1.807) is 0 Å². The third-order valence-corrected chi connectivity index (χ3v) is 4.96. The molecule has 0 atom stereocenters. The second-order valence-electron chi connectivity index (χ2n) is 5.70. The van der Waals surface area contributed by atoms with Gasteiger partial charge in [-0.15, -0.1) is 0 Å². The van der Waals surface area contributed by atoms with Gasteiger partial charge in [-0.1, -0.05) is 30.0 Å². The predicted octanol–water partition coefficient (Wildman–Crippen LogP) is 4.73. The van der Waals surface area contributed by atoms with Gasteiger partial charge in [-0.05, 0) is 29.8 Å². The van der Waals surface area contributed by atoms with E-state index in [4.69, 9.17) is 0 Å². The number of carbonyl (C=O) groups excluding carboxylic acids is 1. The van der Waals surface area contributed by atoms with E-state index in [-0.39, 0.29) is 24.0 Å². The molecule has 0 aliphatic carbocycles. The van der Waals surface area contributed by atoms with Crippen LogP contribution in [0.15, 0.2) is 47.5 Å². The molecule has 0 saturated heterocycles. The quantitative estimate of drug-likeness (QED) is 0.698. The van der Waals surface area contributed by atoms with Crippen LogP contribution in [0.25, 0.3) is 0 Å². The second-order valence-corrected chi connectivity index (χ2v) is 6.64. The van der Waals surface area contributed by atoms with Crippen molar-refractivity contribution in [3.63, 3.8) is 0 Å². The molecule has 9 heteroatoms. The van der Waals surface area contributed by atoms with Crippen LogP contribution in [0.2, 0.25) is 0 Å². The third kappa shape index (κ3) is 4.29. The summed E-state index contributed by atoms with van der Waals surface area (Å²) in [5.41, 5.74) is -0.796. The number of thioether (sulfide) groups is 1. The molecule has 2 aromatic rings. The van der Waals surface area contributed by atoms with Gasteiger partial charge in [0.25, 0.3) is 5.91 Å². The van der Waals surface area contributed by atoms with Gasteiger partial charge >= 0.3 is 6.18 Å². The third-order valence-electron chi connectivity index (χ3n) is 3.87. The minimum absolute atomic E-state index is 0.182. The van der Waals surface area contributed by atoms with Gasteiger partial charge in [0.2, 0.25) is 0 Å². The van der Waals surface area contributed by atoms with Crippen molar-refractivity contribution in [3.05, 3.63) is 70.8 Å². The van der Waals surface area contributed by atoms with Crippen LogP contribution in [0.1, 0.15) is 21.5 Å². The zero-order valence-electron chi connectivity index (χ0n) is 13.8. The number of benzene rings is 2. The summed E-state index contributed by atoms with van der Waals surface area (Å²) in [6.45, 7) is 0.471. The Morgan fingerprint density at radius 1 is 1.07 bits per heavy atom. The van der Waals surface area contributed by atoms with E-state index in [0.29, 0.717) is 5.56 Å². The number of carbonyl (C=O) groups is 1. The van der Waals surface area contributed by atoms with E-state index in [1.165, 1.54) is 23.1 Å². The zero-order valence-corrected chi connectivity index (χ0v) is 14.6. The highest BCUT2D eigenvalue weighted by Crippen LogP contribution is 2.30. The first-order valence-electron chi connectivity index (χ1n) is 7.86. The zero-order chi connectivity index (χ0) is 19.6. The van der Waals surface area contributed by atoms with Gasteiger partial charge in [0.1, 0.15) is 17.2 Å². The lowest BCUT2D eigenvalue weighted by atomic mass is 10.1. The SMILES string of the molecule is O=C(c1c(F)cccc1F)N1CCN=C1SCc1ccc(C(F)(F)F)cc1. The summed E-state index contributed by atoms with van der Waals surface area (Å²) >= 11 is 1.12. The highest BCUT2D eigenvalue weighted by Gasteiger charge is 2.31. The number of hydrogen-bond acceptors (Lipinski definition) is 3. The number of aliphatic imine (C=N–C) groups is 1. The lowest BCUT2D eigenvalue weighted by Crippen LogP contribution is -2.34. The summed E-state index contributed by atoms with van der Waals surface area (Å²) in [5.74, 6) is -2.49. The average molecular weight is 400 g/mol. The highest BCUT2D eigenvalue weighted by atomic mass is 32.2. The molecule has 1 aliphatic heterocycles. The van der Waals surface area contributed by atoms with E-state index >= 15 is 0 Å². The van der Waals surface area contributed by atoms with Crippen molar-refractivity contribution >= 4 is 22.8 Å². The Morgan fingerprint density at radius 2 is 1.70 bits per heavy atom. The molecule has 142 valence electrons. The molecule has 0 unspecified atom stereocenters. The van der Waals surface area contributed by atoms with Crippen molar-refractivity contribution in [2.45, 2.75) is 11.9 Å². The van der Waals surface area contributed by atoms with E-state index in [9.17, 15) is 26.7 Å². The van der Waals surface area contributed by atoms with E-state index in [2.05, 4.69) is 4.99 Å². The van der Waals surface area contributed by atoms with Crippen molar-refractivity contribution in [2.24, 2.45) is 4.99 Å². The van der Waals surface area contributed by atoms with Gasteiger partial charge in [0.15, 0.2) is 5.17 Å². The smallest absolute Gasteiger partial charge is 0.285 e. The Balaban J connectivity index is 1.69. The Kier molecular flexibility index (Phi) is 5.50. The lowest BCUT2D eigenvalue weighted by molar-refractivity contribution is -0.137. The topological polar surface area (TPSA) is 32.7 Å². The van der Waals surface area contributed by atoms with Crippen molar-refractivity contribution in [1.29, 1.82) is 0 Å². The van der Waals surface area contributed by atoms with Crippen molar-refractivity contribution in [3.8, 4) is 0 Å². The summed E-state index contributed by atoms with van der Waals surface area (Å²) in [5, 5.41) is 0.280. The maximum atomic E-state index is 13.8. The normalized spacial score (nSPS) is 14.4. The molecule has 1 aliphatic rings. The van der Waals surface area contributed by atoms with Crippen LogP contribution >= 0.6 is 11.8 Å². The molecule has 3 rings (SSSR count). The monoisotopic (exact) mass is 400 g/mol. The van der Waals surface area contributed by atoms with E-state index < -0.39 is 34.8 Å². The van der Waals surface area contributed by atoms with Gasteiger partial charge in [-0.3, -0.25) is 14.7 Å². The number of halogens is 5. The molecule has 1 heterocycles. The summed E-state index contributed by atoms with van der Waals surface area (Å²) in [6.07, 6.45) is -4.41. The molecule has 3 nitrogen and oxygen atoms in total. The van der Waals surface area contributed by atoms with Crippen LogP contribution in [-0.2, 0) is 11.9 Å². The van der Waals surface area contributed by atoms with Gasteiger partial charge in [-0.2, -0.15) is 13.2 Å². The number of nitrogens with zero attached hydrogens (tertiary/aromatic N) is 2. The summed E-state index contributed by atoms with van der Waals surface area (Å²) < 4.78 is 65.4. The lowest BCUT2D eigenvalue weighted by Gasteiger charge is -2.18. The van der Waals surface area contributed by atoms with Crippen LogP contribution in [0.3, 0.4) is 0 Å². The maximum absolute atomic E-state index is 13.8. The van der Waals surface area contributed by atoms with Crippen LogP contribution in [0.5, 0.6) is 0 Å². The van der Waals surface area contributed by atoms with Crippen molar-refractivity contribution in [2.75, 3.05) is 13.1 Å². The first-order chi connectivity index (χ1) is 12.8. The van der Waals surface area contributed by atoms with E-state index in [0.717, 1.165) is 36.0 Å². The fourth-order valence-corrected chi connectivity index (χ4v) is 3.51. The summed E-state index contributed by atoms with van der Waals surface area (Å²) in [4.78, 5) is 17.8. The van der Waals surface area contributed by atoms with Crippen LogP contribution in [0.4, 0.5) is 22.0 Å². The largest absolute Gasteiger partial charge is 0.416 e. The Hall–Kier alpha value is -2.42. The average Bonchev–Trinajstić information content (AvgIpc) is 3.08. The predicted molar refractivity (Wildman–Crippen MR) is 92.4 cm³/mol. The molecule has 0 spiro atoms. The molecule has 0 saturated carbocycles. The fourth-order valence-electron chi connectivity index (χ4n) is 2.51. The molecular formula is C18H13F5N2OS. The maximum Gasteiger partial charge on any atom is 0.416 e. The van der Waals surface area contributed by atoms with E-state index in [1.807, 2.05) is 0 Å². The molecule has 0 aromatic heterocycles. The number of alkyl halides is 3. The van der Waals surface area contributed by atoms with Gasteiger partial charge < -0.3 is 0 Å². The molecule has 0 fully saturated rings. The molecule has 1 amide bonds. The molecule has 0 N–H and O–H groups in total. The van der Waals surface area contributed by atoms with Crippen LogP contribution in [-0.4, -0.2) is 29.1 Å². The van der Waals surface area contributed by atoms with Crippen LogP contribution in [0, 0.1) is 11.6 Å². The molecule has 0 radical (unpaired) electrons. The van der Waals surface area contributed by atoms with Gasteiger partial charge in [0.05, 0.1) is 12.1 Å². The summed E-state index contributed by atoms with van der Waals surface area (Å²) in [7, 11) is 0. The standard InChI is InChI=1S/C18H13F5N2OS/c19-13-2-1-3-14(20)15(13)16(26)25-9-8-24-17(25)27-10-11-4-6-12(7-5-11)18(21,22)23/h1-7H,8-10H2. The minimum atomic E-state index is -4.41. The second kappa shape index (κ2) is 7.67. The molecular weight excluding hydrogens is 387 g/mol. The summed E-state index contributed by atoms with van der Waals surface area (Å²) in [6, 6.07) is 7.80. The van der Waals surface area contributed by atoms with Crippen molar-refractivity contribution in [1.82, 2.24) is 4.90 Å². The highest BCUT2D eigenvalue weighted by molar-refractivity contribution is 8.13. The fraction of sp³-hybridized carbons (Fsp3) is 0.222. The Morgan fingerprint density at radius 3 is 2.30 bits per heavy atom.